The molecule has 2 heterocycles. The average Bonchev–Trinajstić information content (AvgIpc) is 2.73. The Morgan fingerprint density at radius 1 is 1.25 bits per heavy atom. The number of nitriles is 1. The Balaban J connectivity index is 1.46. The highest BCUT2D eigenvalue weighted by Crippen LogP contribution is 2.21. The zero-order chi connectivity index (χ0) is 19.9. The van der Waals surface area contributed by atoms with E-state index in [9.17, 15) is 9.59 Å². The first kappa shape index (κ1) is 19.6. The minimum atomic E-state index is -0.823. The van der Waals surface area contributed by atoms with Gasteiger partial charge in [0.2, 0.25) is 0 Å². The maximum Gasteiger partial charge on any atom is 0.313 e. The number of carbonyl (C=O) groups is 2. The van der Waals surface area contributed by atoms with Crippen molar-refractivity contribution in [3.05, 3.63) is 47.4 Å². The first-order chi connectivity index (χ1) is 13.6. The number of carbonyl (C=O) groups excluding carboxylic acids is 2. The maximum atomic E-state index is 12.1. The van der Waals surface area contributed by atoms with Gasteiger partial charge in [-0.1, -0.05) is 11.6 Å². The van der Waals surface area contributed by atoms with Crippen molar-refractivity contribution >= 4 is 34.9 Å². The van der Waals surface area contributed by atoms with E-state index in [4.69, 9.17) is 16.9 Å². The highest BCUT2D eigenvalue weighted by atomic mass is 35.5. The largest absolute Gasteiger partial charge is 0.355 e. The molecule has 0 spiro atoms. The first-order valence-electron chi connectivity index (χ1n) is 8.86. The van der Waals surface area contributed by atoms with Gasteiger partial charge in [-0.15, -0.1) is 0 Å². The van der Waals surface area contributed by atoms with Gasteiger partial charge in [0.25, 0.3) is 0 Å². The monoisotopic (exact) mass is 398 g/mol. The van der Waals surface area contributed by atoms with Crippen LogP contribution in [0.2, 0.25) is 5.02 Å². The molecule has 28 heavy (non-hydrogen) atoms. The Bertz CT molecular complexity index is 891. The molecule has 2 aromatic rings. The number of amides is 2. The average molecular weight is 399 g/mol. The van der Waals surface area contributed by atoms with Gasteiger partial charge in [0, 0.05) is 37.1 Å². The summed E-state index contributed by atoms with van der Waals surface area (Å²) < 4.78 is 0. The maximum absolute atomic E-state index is 12.1. The predicted octanol–water partition coefficient (Wildman–Crippen LogP) is 1.97. The van der Waals surface area contributed by atoms with Gasteiger partial charge in [-0.25, -0.2) is 4.98 Å². The summed E-state index contributed by atoms with van der Waals surface area (Å²) in [7, 11) is 0. The van der Waals surface area contributed by atoms with E-state index < -0.39 is 11.8 Å². The second kappa shape index (κ2) is 9.15. The van der Waals surface area contributed by atoms with Gasteiger partial charge < -0.3 is 15.5 Å². The molecule has 1 saturated heterocycles. The standard InChI is InChI=1S/C19H19ClN6O2/c20-15-2-1-14(10-21)16(9-15)25-19(28)18(27)24-11-13-3-7-26(8-4-13)17-12-22-5-6-23-17/h1-2,5-6,9,12-13H,3-4,7-8,11H2,(H,24,27)(H,25,28). The fraction of sp³-hybridized carbons (Fsp3) is 0.316. The number of halogens is 1. The molecule has 0 aliphatic carbocycles. The first-order valence-corrected chi connectivity index (χ1v) is 9.24. The van der Waals surface area contributed by atoms with Crippen molar-refractivity contribution in [2.24, 2.45) is 5.92 Å². The molecule has 0 unspecified atom stereocenters. The number of hydrogen-bond donors (Lipinski definition) is 2. The second-order valence-electron chi connectivity index (χ2n) is 6.46. The number of anilines is 2. The Labute approximate surface area is 167 Å². The van der Waals surface area contributed by atoms with E-state index in [2.05, 4.69) is 25.5 Å². The molecule has 1 aliphatic rings. The Morgan fingerprint density at radius 3 is 2.71 bits per heavy atom. The summed E-state index contributed by atoms with van der Waals surface area (Å²) in [5.74, 6) is -0.430. The number of rotatable bonds is 4. The van der Waals surface area contributed by atoms with Crippen LogP contribution in [-0.4, -0.2) is 41.4 Å². The van der Waals surface area contributed by atoms with E-state index in [1.807, 2.05) is 6.07 Å². The van der Waals surface area contributed by atoms with Crippen LogP contribution in [-0.2, 0) is 9.59 Å². The number of hydrogen-bond acceptors (Lipinski definition) is 6. The third-order valence-corrected chi connectivity index (χ3v) is 4.83. The topological polar surface area (TPSA) is 111 Å². The van der Waals surface area contributed by atoms with Crippen LogP contribution in [0.4, 0.5) is 11.5 Å². The van der Waals surface area contributed by atoms with Crippen molar-refractivity contribution < 1.29 is 9.59 Å². The highest BCUT2D eigenvalue weighted by Gasteiger charge is 2.22. The molecule has 0 saturated carbocycles. The highest BCUT2D eigenvalue weighted by molar-refractivity contribution is 6.40. The number of nitrogens with one attached hydrogen (secondary N) is 2. The Hall–Kier alpha value is -3.18. The van der Waals surface area contributed by atoms with Gasteiger partial charge in [0.15, 0.2) is 0 Å². The lowest BCUT2D eigenvalue weighted by molar-refractivity contribution is -0.136. The van der Waals surface area contributed by atoms with Crippen LogP contribution in [0.3, 0.4) is 0 Å². The van der Waals surface area contributed by atoms with E-state index in [0.29, 0.717) is 11.6 Å². The molecule has 0 atom stereocenters. The summed E-state index contributed by atoms with van der Waals surface area (Å²) in [6.45, 7) is 2.06. The third-order valence-electron chi connectivity index (χ3n) is 4.60. The van der Waals surface area contributed by atoms with Gasteiger partial charge in [0.1, 0.15) is 11.9 Å². The molecular formula is C19H19ClN6O2. The molecule has 2 amide bonds. The fourth-order valence-electron chi connectivity index (χ4n) is 3.03. The number of aromatic nitrogens is 2. The SMILES string of the molecule is N#Cc1ccc(Cl)cc1NC(=O)C(=O)NCC1CCN(c2cnccn2)CC1. The van der Waals surface area contributed by atoms with Crippen LogP contribution in [0, 0.1) is 17.2 Å². The quantitative estimate of drug-likeness (QED) is 0.762. The molecule has 1 aromatic heterocycles. The molecule has 1 aromatic carbocycles. The molecule has 2 N–H and O–H groups in total. The van der Waals surface area contributed by atoms with Crippen LogP contribution >= 0.6 is 11.6 Å². The zero-order valence-corrected chi connectivity index (χ0v) is 15.8. The van der Waals surface area contributed by atoms with Crippen molar-refractivity contribution in [3.63, 3.8) is 0 Å². The molecule has 0 radical (unpaired) electrons. The van der Waals surface area contributed by atoms with Crippen LogP contribution in [0.25, 0.3) is 0 Å². The smallest absolute Gasteiger partial charge is 0.313 e. The lowest BCUT2D eigenvalue weighted by Crippen LogP contribution is -2.42. The van der Waals surface area contributed by atoms with E-state index in [0.717, 1.165) is 31.7 Å². The molecule has 1 fully saturated rings. The molecule has 9 heteroatoms. The molecule has 144 valence electrons. The van der Waals surface area contributed by atoms with Crippen molar-refractivity contribution in [2.45, 2.75) is 12.8 Å². The normalized spacial score (nSPS) is 14.2. The van der Waals surface area contributed by atoms with Gasteiger partial charge in [-0.3, -0.25) is 14.6 Å². The summed E-state index contributed by atoms with van der Waals surface area (Å²) in [5, 5.41) is 14.5. The number of nitrogens with zero attached hydrogens (tertiary/aromatic N) is 4. The summed E-state index contributed by atoms with van der Waals surface area (Å²) in [5.41, 5.74) is 0.453. The number of piperidine rings is 1. The second-order valence-corrected chi connectivity index (χ2v) is 6.90. The minimum Gasteiger partial charge on any atom is -0.355 e. The van der Waals surface area contributed by atoms with Gasteiger partial charge in [-0.2, -0.15) is 5.26 Å². The summed E-state index contributed by atoms with van der Waals surface area (Å²) in [6, 6.07) is 6.42. The summed E-state index contributed by atoms with van der Waals surface area (Å²) >= 11 is 5.88. The lowest BCUT2D eigenvalue weighted by Gasteiger charge is -2.32. The molecular weight excluding hydrogens is 380 g/mol. The van der Waals surface area contributed by atoms with Crippen molar-refractivity contribution in [3.8, 4) is 6.07 Å². The molecule has 1 aliphatic heterocycles. The molecule has 3 rings (SSSR count). The van der Waals surface area contributed by atoms with Crippen LogP contribution in [0.15, 0.2) is 36.8 Å². The van der Waals surface area contributed by atoms with Crippen LogP contribution in [0.1, 0.15) is 18.4 Å². The fourth-order valence-corrected chi connectivity index (χ4v) is 3.21. The van der Waals surface area contributed by atoms with Gasteiger partial charge in [0.05, 0.1) is 17.4 Å². The summed E-state index contributed by atoms with van der Waals surface area (Å²) in [6.07, 6.45) is 6.80. The van der Waals surface area contributed by atoms with Gasteiger partial charge >= 0.3 is 11.8 Å². The lowest BCUT2D eigenvalue weighted by atomic mass is 9.97. The van der Waals surface area contributed by atoms with E-state index in [1.54, 1.807) is 24.7 Å². The molecule has 8 nitrogen and oxygen atoms in total. The predicted molar refractivity (Wildman–Crippen MR) is 105 cm³/mol. The van der Waals surface area contributed by atoms with Gasteiger partial charge in [-0.05, 0) is 37.0 Å². The summed E-state index contributed by atoms with van der Waals surface area (Å²) in [4.78, 5) is 34.7. The minimum absolute atomic E-state index is 0.215. The van der Waals surface area contributed by atoms with Crippen LogP contribution in [0.5, 0.6) is 0 Å². The van der Waals surface area contributed by atoms with Crippen LogP contribution < -0.4 is 15.5 Å². The van der Waals surface area contributed by atoms with E-state index in [-0.39, 0.29) is 17.2 Å². The number of benzene rings is 1. The van der Waals surface area contributed by atoms with Crippen molar-refractivity contribution in [2.75, 3.05) is 29.9 Å². The Kier molecular flexibility index (Phi) is 6.40. The van der Waals surface area contributed by atoms with E-state index >= 15 is 0 Å². The third kappa shape index (κ3) is 4.96. The zero-order valence-electron chi connectivity index (χ0n) is 15.1. The molecule has 0 bridgehead atoms. The van der Waals surface area contributed by atoms with Crippen molar-refractivity contribution in [1.29, 1.82) is 5.26 Å². The van der Waals surface area contributed by atoms with Crippen molar-refractivity contribution in [1.82, 2.24) is 15.3 Å². The van der Waals surface area contributed by atoms with E-state index in [1.165, 1.54) is 12.1 Å². The Morgan fingerprint density at radius 2 is 2.04 bits per heavy atom.